The van der Waals surface area contributed by atoms with Gasteiger partial charge in [-0.25, -0.2) is 17.5 Å². The normalized spacial score (nSPS) is 19.3. The Morgan fingerprint density at radius 3 is 2.35 bits per heavy atom. The highest BCUT2D eigenvalue weighted by Gasteiger charge is 2.36. The molecule has 3 aromatic rings. The van der Waals surface area contributed by atoms with Crippen molar-refractivity contribution < 1.29 is 27.4 Å². The van der Waals surface area contributed by atoms with Gasteiger partial charge < -0.3 is 9.84 Å². The first-order valence-electron chi connectivity index (χ1n) is 13.7. The van der Waals surface area contributed by atoms with Crippen LogP contribution in [-0.4, -0.2) is 32.1 Å². The summed E-state index contributed by atoms with van der Waals surface area (Å²) in [5, 5.41) is 8.84. The van der Waals surface area contributed by atoms with E-state index in [4.69, 9.17) is 9.84 Å². The van der Waals surface area contributed by atoms with Gasteiger partial charge in [0.05, 0.1) is 17.6 Å². The van der Waals surface area contributed by atoms with Gasteiger partial charge in [-0.2, -0.15) is 0 Å². The quantitative estimate of drug-likeness (QED) is 0.170. The minimum Gasteiger partial charge on any atom is -0.481 e. The first kappa shape index (κ1) is 29.6. The third-order valence-electron chi connectivity index (χ3n) is 7.43. The van der Waals surface area contributed by atoms with Crippen LogP contribution in [0.1, 0.15) is 44.1 Å². The number of allylic oxidation sites excluding steroid dienone is 2. The predicted molar refractivity (Wildman–Crippen MR) is 154 cm³/mol. The summed E-state index contributed by atoms with van der Waals surface area (Å²) < 4.78 is 47.9. The number of aliphatic carboxylic acids is 1. The summed E-state index contributed by atoms with van der Waals surface area (Å²) in [5.41, 5.74) is 3.37. The van der Waals surface area contributed by atoms with E-state index in [1.165, 1.54) is 12.1 Å². The summed E-state index contributed by atoms with van der Waals surface area (Å²) in [5.74, 6) is -1.11. The van der Waals surface area contributed by atoms with Gasteiger partial charge in [-0.15, -0.1) is 0 Å². The van der Waals surface area contributed by atoms with Gasteiger partial charge in [0, 0.05) is 13.0 Å². The van der Waals surface area contributed by atoms with Crippen molar-refractivity contribution in [3.05, 3.63) is 102 Å². The maximum atomic E-state index is 13.3. The molecule has 8 heteroatoms. The Kier molecular flexibility index (Phi) is 10.6. The molecule has 3 atom stereocenters. The molecule has 2 N–H and O–H groups in total. The van der Waals surface area contributed by atoms with Crippen molar-refractivity contribution in [1.29, 1.82) is 0 Å². The Morgan fingerprint density at radius 2 is 1.65 bits per heavy atom. The summed E-state index contributed by atoms with van der Waals surface area (Å²) >= 11 is 0. The highest BCUT2D eigenvalue weighted by molar-refractivity contribution is 7.89. The molecule has 0 aliphatic heterocycles. The third kappa shape index (κ3) is 8.58. The third-order valence-corrected chi connectivity index (χ3v) is 8.87. The highest BCUT2D eigenvalue weighted by Crippen LogP contribution is 2.37. The van der Waals surface area contributed by atoms with Crippen LogP contribution in [0.2, 0.25) is 0 Å². The van der Waals surface area contributed by atoms with Crippen LogP contribution in [-0.2, 0) is 26.2 Å². The number of hydrogen-bond donors (Lipinski definition) is 2. The van der Waals surface area contributed by atoms with Crippen molar-refractivity contribution in [2.45, 2.75) is 56.1 Å². The Hall–Kier alpha value is -3.33. The molecule has 0 heterocycles. The number of hydrogen-bond acceptors (Lipinski definition) is 4. The Morgan fingerprint density at radius 1 is 0.950 bits per heavy atom. The number of carbonyl (C=O) groups is 1. The largest absolute Gasteiger partial charge is 0.481 e. The molecular formula is C32H36FNO5S. The highest BCUT2D eigenvalue weighted by atomic mass is 32.2. The topological polar surface area (TPSA) is 92.7 Å². The molecule has 1 fully saturated rings. The smallest absolute Gasteiger partial charge is 0.303 e. The first-order valence-corrected chi connectivity index (χ1v) is 15.2. The summed E-state index contributed by atoms with van der Waals surface area (Å²) in [6.45, 7) is 0.732. The molecule has 0 amide bonds. The fraction of sp³-hybridized carbons (Fsp3) is 0.344. The van der Waals surface area contributed by atoms with E-state index in [1.54, 1.807) is 0 Å². The molecule has 1 aliphatic rings. The van der Waals surface area contributed by atoms with Gasteiger partial charge in [-0.05, 0) is 84.9 Å². The minimum atomic E-state index is -3.76. The molecule has 1 aliphatic carbocycles. The van der Waals surface area contributed by atoms with Crippen molar-refractivity contribution in [2.24, 2.45) is 11.8 Å². The zero-order valence-corrected chi connectivity index (χ0v) is 23.2. The van der Waals surface area contributed by atoms with Crippen molar-refractivity contribution >= 4 is 16.0 Å². The lowest BCUT2D eigenvalue weighted by molar-refractivity contribution is -0.137. The van der Waals surface area contributed by atoms with Crippen LogP contribution < -0.4 is 4.72 Å². The van der Waals surface area contributed by atoms with E-state index >= 15 is 0 Å². The van der Waals surface area contributed by atoms with Gasteiger partial charge in [0.1, 0.15) is 5.82 Å². The zero-order valence-electron chi connectivity index (χ0n) is 22.4. The second-order valence-corrected chi connectivity index (χ2v) is 12.0. The van der Waals surface area contributed by atoms with E-state index in [1.807, 2.05) is 24.3 Å². The molecule has 4 rings (SSSR count). The average Bonchev–Trinajstić information content (AvgIpc) is 3.35. The second-order valence-electron chi connectivity index (χ2n) is 10.2. The molecule has 1 saturated carbocycles. The number of benzene rings is 3. The predicted octanol–water partition coefficient (Wildman–Crippen LogP) is 6.58. The first-order chi connectivity index (χ1) is 19.3. The van der Waals surface area contributed by atoms with Gasteiger partial charge in [0.25, 0.3) is 0 Å². The van der Waals surface area contributed by atoms with E-state index in [0.717, 1.165) is 41.7 Å². The van der Waals surface area contributed by atoms with Crippen molar-refractivity contribution in [2.75, 3.05) is 6.54 Å². The van der Waals surface area contributed by atoms with Crippen LogP contribution in [0.25, 0.3) is 11.1 Å². The van der Waals surface area contributed by atoms with Crippen LogP contribution in [0.4, 0.5) is 4.39 Å². The molecule has 0 aromatic heterocycles. The lowest BCUT2D eigenvalue weighted by Crippen LogP contribution is -2.33. The van der Waals surface area contributed by atoms with Crippen molar-refractivity contribution in [1.82, 2.24) is 4.72 Å². The fourth-order valence-corrected chi connectivity index (χ4v) is 6.29. The van der Waals surface area contributed by atoms with E-state index in [9.17, 15) is 17.6 Å². The second kappa shape index (κ2) is 14.3. The van der Waals surface area contributed by atoms with Gasteiger partial charge in [0.2, 0.25) is 10.0 Å². The summed E-state index contributed by atoms with van der Waals surface area (Å²) in [6.07, 6.45) is 7.78. The van der Waals surface area contributed by atoms with E-state index in [-0.39, 0.29) is 35.8 Å². The van der Waals surface area contributed by atoms with Gasteiger partial charge >= 0.3 is 5.97 Å². The fourth-order valence-electron chi connectivity index (χ4n) is 5.20. The Balaban J connectivity index is 1.38. The molecule has 6 nitrogen and oxygen atoms in total. The Bertz CT molecular complexity index is 1360. The maximum absolute atomic E-state index is 13.3. The summed E-state index contributed by atoms with van der Waals surface area (Å²) in [6, 6.07) is 23.3. The zero-order chi connectivity index (χ0) is 28.4. The van der Waals surface area contributed by atoms with Crippen molar-refractivity contribution in [3.8, 4) is 11.1 Å². The van der Waals surface area contributed by atoms with Crippen LogP contribution >= 0.6 is 0 Å². The number of ether oxygens (including phenoxy) is 1. The number of carboxylic acids is 1. The number of carboxylic acid groups (broad SMARTS) is 1. The van der Waals surface area contributed by atoms with Gasteiger partial charge in [0.15, 0.2) is 0 Å². The number of unbranched alkanes of at least 4 members (excludes halogenated alkanes) is 1. The van der Waals surface area contributed by atoms with Crippen LogP contribution in [0.15, 0.2) is 95.9 Å². The molecule has 0 bridgehead atoms. The molecule has 0 saturated heterocycles. The van der Waals surface area contributed by atoms with Crippen LogP contribution in [0.3, 0.4) is 0 Å². The maximum Gasteiger partial charge on any atom is 0.303 e. The number of sulfonamides is 1. The van der Waals surface area contributed by atoms with Crippen LogP contribution in [0.5, 0.6) is 0 Å². The summed E-state index contributed by atoms with van der Waals surface area (Å²) in [7, 11) is -3.76. The number of rotatable bonds is 14. The monoisotopic (exact) mass is 565 g/mol. The lowest BCUT2D eigenvalue weighted by atomic mass is 9.91. The molecule has 212 valence electrons. The Labute approximate surface area is 236 Å². The molecular weight excluding hydrogens is 529 g/mol. The molecule has 0 unspecified atom stereocenters. The van der Waals surface area contributed by atoms with Gasteiger partial charge in [-0.3, -0.25) is 4.79 Å². The van der Waals surface area contributed by atoms with E-state index in [0.29, 0.717) is 25.9 Å². The minimum absolute atomic E-state index is 0.0298. The molecule has 3 aromatic carbocycles. The molecule has 40 heavy (non-hydrogen) atoms. The molecule has 0 radical (unpaired) electrons. The summed E-state index contributed by atoms with van der Waals surface area (Å²) in [4.78, 5) is 10.8. The SMILES string of the molecule is O=C(O)CCCC=CC[C@@H]1[C@@H](CNS(=O)(=O)c2ccc(F)cc2)CC[C@@H]1OCc1ccc(-c2ccccc2)cc1. The van der Waals surface area contributed by atoms with E-state index < -0.39 is 21.8 Å². The van der Waals surface area contributed by atoms with E-state index in [2.05, 4.69) is 47.2 Å². The lowest BCUT2D eigenvalue weighted by Gasteiger charge is -2.24. The number of halogens is 1. The molecule has 0 spiro atoms. The average molecular weight is 566 g/mol. The van der Waals surface area contributed by atoms with Crippen molar-refractivity contribution in [3.63, 3.8) is 0 Å². The standard InChI is InChI=1S/C32H36FNO5S/c33-28-17-19-29(20-18-28)40(37,38)34-22-27-16-21-31(30(27)10-6-1-2-7-11-32(35)36)39-23-24-12-14-26(15-13-24)25-8-4-3-5-9-25/h1,3-6,8-9,12-15,17-20,27,30-31,34H,2,7,10-11,16,21-23H2,(H,35,36)/t27-,30-,31+/m1/s1. The van der Waals surface area contributed by atoms with Crippen LogP contribution in [0, 0.1) is 17.7 Å². The van der Waals surface area contributed by atoms with Gasteiger partial charge in [-0.1, -0.05) is 66.7 Å². The number of nitrogens with one attached hydrogen (secondary N) is 1.